The second kappa shape index (κ2) is 3.91. The first-order valence-electron chi connectivity index (χ1n) is 5.08. The number of aryl methyl sites for hydroxylation is 2. The third-order valence-corrected chi connectivity index (χ3v) is 2.82. The van der Waals surface area contributed by atoms with Crippen molar-refractivity contribution in [2.75, 3.05) is 0 Å². The maximum absolute atomic E-state index is 12.9. The molecule has 0 aliphatic carbocycles. The van der Waals surface area contributed by atoms with Gasteiger partial charge in [-0.3, -0.25) is 4.68 Å². The van der Waals surface area contributed by atoms with Gasteiger partial charge < -0.3 is 0 Å². The van der Waals surface area contributed by atoms with E-state index in [1.54, 1.807) is 13.8 Å². The van der Waals surface area contributed by atoms with Crippen LogP contribution in [0.15, 0.2) is 12.1 Å². The Labute approximate surface area is 101 Å². The third-order valence-electron chi connectivity index (χ3n) is 2.60. The van der Waals surface area contributed by atoms with E-state index < -0.39 is 11.7 Å². The van der Waals surface area contributed by atoms with Crippen molar-refractivity contribution in [3.8, 4) is 0 Å². The molecule has 6 heteroatoms. The number of benzene rings is 1. The topological polar surface area (TPSA) is 17.8 Å². The van der Waals surface area contributed by atoms with Crippen molar-refractivity contribution >= 4 is 22.5 Å². The largest absolute Gasteiger partial charge is 0.418 e. The number of nitrogens with zero attached hydrogens (tertiary/aromatic N) is 2. The van der Waals surface area contributed by atoms with Gasteiger partial charge in [-0.2, -0.15) is 18.3 Å². The van der Waals surface area contributed by atoms with E-state index in [1.807, 2.05) is 0 Å². The first-order chi connectivity index (χ1) is 7.84. The molecule has 1 aromatic heterocycles. The van der Waals surface area contributed by atoms with Gasteiger partial charge in [-0.15, -0.1) is 0 Å². The summed E-state index contributed by atoms with van der Waals surface area (Å²) in [5, 5.41) is 4.60. The molecule has 0 saturated carbocycles. The van der Waals surface area contributed by atoms with Gasteiger partial charge in [-0.25, -0.2) is 0 Å². The van der Waals surface area contributed by atoms with Crippen LogP contribution in [-0.2, 0) is 12.7 Å². The van der Waals surface area contributed by atoms with Crippen molar-refractivity contribution in [2.45, 2.75) is 26.6 Å². The van der Waals surface area contributed by atoms with Crippen LogP contribution >= 0.6 is 11.6 Å². The molecule has 92 valence electrons. The molecule has 0 fully saturated rings. The van der Waals surface area contributed by atoms with E-state index in [9.17, 15) is 13.2 Å². The average Bonchev–Trinajstić information content (AvgIpc) is 2.53. The summed E-state index contributed by atoms with van der Waals surface area (Å²) in [6.07, 6.45) is -4.43. The smallest absolute Gasteiger partial charge is 0.264 e. The highest BCUT2D eigenvalue weighted by Crippen LogP contribution is 2.37. The number of rotatable bonds is 1. The molecule has 0 aliphatic rings. The maximum Gasteiger partial charge on any atom is 0.418 e. The minimum Gasteiger partial charge on any atom is -0.264 e. The standard InChI is InChI=1S/C11H10ClF3N2/c1-3-17-10-8(6(2)16-17)4-7(12)5-9(10)11(13,14)15/h4-5H,3H2,1-2H3. The summed E-state index contributed by atoms with van der Waals surface area (Å²) < 4.78 is 40.1. The SMILES string of the molecule is CCn1nc(C)c2cc(Cl)cc(C(F)(F)F)c21. The summed E-state index contributed by atoms with van der Waals surface area (Å²) >= 11 is 5.72. The molecule has 1 heterocycles. The first kappa shape index (κ1) is 12.2. The zero-order valence-electron chi connectivity index (χ0n) is 9.27. The lowest BCUT2D eigenvalue weighted by atomic mass is 10.1. The van der Waals surface area contributed by atoms with Crippen LogP contribution in [0.4, 0.5) is 13.2 Å². The quantitative estimate of drug-likeness (QED) is 0.758. The molecule has 17 heavy (non-hydrogen) atoms. The summed E-state index contributed by atoms with van der Waals surface area (Å²) in [6.45, 7) is 3.81. The van der Waals surface area contributed by atoms with Crippen LogP contribution in [0.1, 0.15) is 18.2 Å². The summed E-state index contributed by atoms with van der Waals surface area (Å²) in [4.78, 5) is 0. The molecule has 0 amide bonds. The minimum atomic E-state index is -4.43. The number of aromatic nitrogens is 2. The van der Waals surface area contributed by atoms with Gasteiger partial charge in [0, 0.05) is 17.0 Å². The van der Waals surface area contributed by atoms with Crippen molar-refractivity contribution in [1.82, 2.24) is 9.78 Å². The summed E-state index contributed by atoms with van der Waals surface area (Å²) in [6, 6.07) is 2.46. The van der Waals surface area contributed by atoms with Gasteiger partial charge in [0.25, 0.3) is 0 Å². The number of hydrogen-bond acceptors (Lipinski definition) is 1. The van der Waals surface area contributed by atoms with Crippen LogP contribution in [-0.4, -0.2) is 9.78 Å². The number of halogens is 4. The predicted octanol–water partition coefficient (Wildman–Crippen LogP) is 4.04. The number of hydrogen-bond donors (Lipinski definition) is 0. The van der Waals surface area contributed by atoms with Crippen LogP contribution < -0.4 is 0 Å². The Morgan fingerprint density at radius 3 is 2.53 bits per heavy atom. The molecule has 1 aromatic carbocycles. The van der Waals surface area contributed by atoms with Crippen LogP contribution in [0.5, 0.6) is 0 Å². The van der Waals surface area contributed by atoms with E-state index in [2.05, 4.69) is 5.10 Å². The monoisotopic (exact) mass is 262 g/mol. The molecule has 2 nitrogen and oxygen atoms in total. The molecule has 0 atom stereocenters. The van der Waals surface area contributed by atoms with E-state index in [4.69, 9.17) is 11.6 Å². The lowest BCUT2D eigenvalue weighted by molar-refractivity contribution is -0.136. The Kier molecular flexibility index (Phi) is 2.81. The second-order valence-corrected chi connectivity index (χ2v) is 4.18. The number of alkyl halides is 3. The Balaban J connectivity index is 2.91. The lowest BCUT2D eigenvalue weighted by Crippen LogP contribution is -2.09. The Morgan fingerprint density at radius 1 is 1.35 bits per heavy atom. The van der Waals surface area contributed by atoms with Crippen molar-refractivity contribution in [1.29, 1.82) is 0 Å². The van der Waals surface area contributed by atoms with Gasteiger partial charge in [0.1, 0.15) is 0 Å². The molecule has 0 saturated heterocycles. The molecule has 0 unspecified atom stereocenters. The normalized spacial score (nSPS) is 12.4. The molecule has 0 radical (unpaired) electrons. The molecular weight excluding hydrogens is 253 g/mol. The zero-order chi connectivity index (χ0) is 12.8. The fourth-order valence-electron chi connectivity index (χ4n) is 1.88. The predicted molar refractivity (Wildman–Crippen MR) is 60.2 cm³/mol. The summed E-state index contributed by atoms with van der Waals surface area (Å²) in [5.41, 5.74) is -0.0841. The minimum absolute atomic E-state index is 0.0728. The first-order valence-corrected chi connectivity index (χ1v) is 5.46. The highest BCUT2D eigenvalue weighted by atomic mass is 35.5. The fourth-order valence-corrected chi connectivity index (χ4v) is 2.10. The van der Waals surface area contributed by atoms with E-state index in [0.29, 0.717) is 17.6 Å². The van der Waals surface area contributed by atoms with Gasteiger partial charge in [0.2, 0.25) is 0 Å². The third kappa shape index (κ3) is 1.99. The van der Waals surface area contributed by atoms with Gasteiger partial charge in [-0.05, 0) is 26.0 Å². The fraction of sp³-hybridized carbons (Fsp3) is 0.364. The lowest BCUT2D eigenvalue weighted by Gasteiger charge is -2.10. The zero-order valence-corrected chi connectivity index (χ0v) is 10.0. The maximum atomic E-state index is 12.9. The molecule has 0 bridgehead atoms. The second-order valence-electron chi connectivity index (χ2n) is 3.75. The van der Waals surface area contributed by atoms with E-state index in [1.165, 1.54) is 10.7 Å². The van der Waals surface area contributed by atoms with Crippen molar-refractivity contribution in [2.24, 2.45) is 0 Å². The van der Waals surface area contributed by atoms with Crippen LogP contribution in [0.2, 0.25) is 5.02 Å². The van der Waals surface area contributed by atoms with Gasteiger partial charge in [0.05, 0.1) is 16.8 Å². The Morgan fingerprint density at radius 2 is 2.00 bits per heavy atom. The van der Waals surface area contributed by atoms with Gasteiger partial charge >= 0.3 is 6.18 Å². The molecule has 0 aliphatic heterocycles. The molecule has 0 N–H and O–H groups in total. The highest BCUT2D eigenvalue weighted by molar-refractivity contribution is 6.31. The molecular formula is C11H10ClF3N2. The van der Waals surface area contributed by atoms with Gasteiger partial charge in [0.15, 0.2) is 0 Å². The highest BCUT2D eigenvalue weighted by Gasteiger charge is 2.35. The summed E-state index contributed by atoms with van der Waals surface area (Å²) in [5.74, 6) is 0. The van der Waals surface area contributed by atoms with Crippen LogP contribution in [0, 0.1) is 6.92 Å². The van der Waals surface area contributed by atoms with E-state index >= 15 is 0 Å². The Bertz CT molecular complexity index is 572. The van der Waals surface area contributed by atoms with Crippen molar-refractivity contribution in [3.63, 3.8) is 0 Å². The van der Waals surface area contributed by atoms with Crippen LogP contribution in [0.3, 0.4) is 0 Å². The molecule has 0 spiro atoms. The van der Waals surface area contributed by atoms with Gasteiger partial charge in [-0.1, -0.05) is 11.6 Å². The molecule has 2 rings (SSSR count). The molecule has 2 aromatic rings. The van der Waals surface area contributed by atoms with E-state index in [-0.39, 0.29) is 10.5 Å². The van der Waals surface area contributed by atoms with E-state index in [0.717, 1.165) is 6.07 Å². The number of fused-ring (bicyclic) bond motifs is 1. The van der Waals surface area contributed by atoms with Crippen molar-refractivity contribution < 1.29 is 13.2 Å². The van der Waals surface area contributed by atoms with Crippen LogP contribution in [0.25, 0.3) is 10.9 Å². The van der Waals surface area contributed by atoms with Crippen molar-refractivity contribution in [3.05, 3.63) is 28.4 Å². The summed E-state index contributed by atoms with van der Waals surface area (Å²) in [7, 11) is 0. The average molecular weight is 263 g/mol. The Hall–Kier alpha value is -1.23.